The third kappa shape index (κ3) is 4.16. The van der Waals surface area contributed by atoms with E-state index in [1.165, 1.54) is 0 Å². The van der Waals surface area contributed by atoms with Crippen molar-refractivity contribution in [3.8, 4) is 5.75 Å². The van der Waals surface area contributed by atoms with Crippen molar-refractivity contribution in [1.82, 2.24) is 14.7 Å². The smallest absolute Gasteiger partial charge is 0.223 e. The molecule has 2 heterocycles. The lowest BCUT2D eigenvalue weighted by Gasteiger charge is -2.24. The highest BCUT2D eigenvalue weighted by molar-refractivity contribution is 5.77. The van der Waals surface area contributed by atoms with Gasteiger partial charge in [-0.25, -0.2) is 0 Å². The van der Waals surface area contributed by atoms with Crippen LogP contribution in [0.5, 0.6) is 5.75 Å². The Hall–Kier alpha value is -2.54. The lowest BCUT2D eigenvalue weighted by atomic mass is 10.1. The average molecular weight is 358 g/mol. The van der Waals surface area contributed by atoms with Gasteiger partial charge in [0.2, 0.25) is 5.91 Å². The van der Waals surface area contributed by atoms with Crippen molar-refractivity contribution in [3.05, 3.63) is 42.1 Å². The highest BCUT2D eigenvalue weighted by Crippen LogP contribution is 2.24. The molecule has 3 rings (SSSR count). The second kappa shape index (κ2) is 8.23. The van der Waals surface area contributed by atoms with E-state index in [1.54, 1.807) is 25.0 Å². The number of aromatic nitrogens is 2. The Labute approximate surface area is 153 Å². The summed E-state index contributed by atoms with van der Waals surface area (Å²) in [5, 5.41) is 4.23. The molecule has 0 spiro atoms. The van der Waals surface area contributed by atoms with Crippen LogP contribution in [-0.2, 0) is 22.5 Å². The van der Waals surface area contributed by atoms with Crippen molar-refractivity contribution in [1.29, 1.82) is 0 Å². The lowest BCUT2D eigenvalue weighted by molar-refractivity contribution is -0.132. The number of hydrogen-bond donors (Lipinski definition) is 1. The number of rotatable bonds is 7. The van der Waals surface area contributed by atoms with Gasteiger partial charge in [-0.3, -0.25) is 9.48 Å². The highest BCUT2D eigenvalue weighted by atomic mass is 16.5. The summed E-state index contributed by atoms with van der Waals surface area (Å²) in [4.78, 5) is 14.8. The zero-order valence-corrected chi connectivity index (χ0v) is 15.3. The Kier molecular flexibility index (Phi) is 5.78. The summed E-state index contributed by atoms with van der Waals surface area (Å²) in [6.45, 7) is 1.24. The van der Waals surface area contributed by atoms with Crippen molar-refractivity contribution in [2.24, 2.45) is 0 Å². The molecule has 0 radical (unpaired) electrons. The predicted octanol–water partition coefficient (Wildman–Crippen LogP) is 1.72. The molecule has 1 aliphatic heterocycles. The zero-order valence-electron chi connectivity index (χ0n) is 15.3. The van der Waals surface area contributed by atoms with E-state index in [0.29, 0.717) is 31.7 Å². The maximum atomic E-state index is 12.9. The van der Waals surface area contributed by atoms with Crippen LogP contribution < -0.4 is 10.5 Å². The fraction of sp³-hybridized carbons (Fsp3) is 0.474. The minimum Gasteiger partial charge on any atom is -0.496 e. The standard InChI is InChI=1S/C19H26N4O3/c1-25-16-11-15(12-22-10-9-18(20)21-22)23(13-16)19(24)8-7-14-5-3-4-6-17(14)26-2/h3-6,9-10,15-16H,7-8,11-13H2,1-2H3,(H2,20,21)/t15-,16-/m0/s1. The average Bonchev–Trinajstić information content (AvgIpc) is 3.26. The van der Waals surface area contributed by atoms with Gasteiger partial charge in [-0.15, -0.1) is 0 Å². The topological polar surface area (TPSA) is 82.6 Å². The number of aryl methyl sites for hydroxylation is 1. The molecule has 0 saturated carbocycles. The van der Waals surface area contributed by atoms with E-state index >= 15 is 0 Å². The molecular formula is C19H26N4O3. The van der Waals surface area contributed by atoms with Crippen LogP contribution in [0.25, 0.3) is 0 Å². The van der Waals surface area contributed by atoms with Crippen LogP contribution in [-0.4, -0.2) is 53.5 Å². The van der Waals surface area contributed by atoms with E-state index in [4.69, 9.17) is 15.2 Å². The van der Waals surface area contributed by atoms with Crippen molar-refractivity contribution >= 4 is 11.7 Å². The number of benzene rings is 1. The van der Waals surface area contributed by atoms with Gasteiger partial charge in [0.15, 0.2) is 0 Å². The Bertz CT molecular complexity index is 746. The SMILES string of the molecule is COc1ccccc1CCC(=O)N1C[C@@H](OC)C[C@H]1Cn1ccc(N)n1. The number of carbonyl (C=O) groups excluding carboxylic acids is 1. The van der Waals surface area contributed by atoms with E-state index in [9.17, 15) is 4.79 Å². The molecule has 1 saturated heterocycles. The summed E-state index contributed by atoms with van der Waals surface area (Å²) in [7, 11) is 3.34. The molecule has 1 amide bonds. The van der Waals surface area contributed by atoms with Gasteiger partial charge >= 0.3 is 0 Å². The molecule has 26 heavy (non-hydrogen) atoms. The number of amides is 1. The third-order valence-electron chi connectivity index (χ3n) is 4.89. The normalized spacial score (nSPS) is 19.7. The van der Waals surface area contributed by atoms with E-state index in [0.717, 1.165) is 17.7 Å². The van der Waals surface area contributed by atoms with E-state index in [2.05, 4.69) is 5.10 Å². The number of methoxy groups -OCH3 is 2. The Morgan fingerprint density at radius 1 is 1.31 bits per heavy atom. The minimum atomic E-state index is 0.0584. The molecule has 2 N–H and O–H groups in total. The van der Waals surface area contributed by atoms with Crippen LogP contribution in [0.4, 0.5) is 5.82 Å². The number of nitrogens with zero attached hydrogens (tertiary/aromatic N) is 3. The Balaban J connectivity index is 1.65. The summed E-state index contributed by atoms with van der Waals surface area (Å²) in [5.41, 5.74) is 6.73. The van der Waals surface area contributed by atoms with Gasteiger partial charge in [-0.05, 0) is 30.5 Å². The highest BCUT2D eigenvalue weighted by Gasteiger charge is 2.35. The largest absolute Gasteiger partial charge is 0.496 e. The summed E-state index contributed by atoms with van der Waals surface area (Å²) in [5.74, 6) is 1.43. The number of nitrogens with two attached hydrogens (primary N) is 1. The first kappa shape index (κ1) is 18.3. The molecule has 1 aromatic heterocycles. The van der Waals surface area contributed by atoms with Gasteiger partial charge in [0.1, 0.15) is 11.6 Å². The van der Waals surface area contributed by atoms with Crippen molar-refractivity contribution in [3.63, 3.8) is 0 Å². The van der Waals surface area contributed by atoms with Crippen LogP contribution in [0.1, 0.15) is 18.4 Å². The number of para-hydroxylation sites is 1. The number of carbonyl (C=O) groups is 1. The number of likely N-dealkylation sites (tertiary alicyclic amines) is 1. The number of nitrogen functional groups attached to an aromatic ring is 1. The van der Waals surface area contributed by atoms with E-state index < -0.39 is 0 Å². The van der Waals surface area contributed by atoms with Crippen LogP contribution in [0.3, 0.4) is 0 Å². The predicted molar refractivity (Wildman–Crippen MR) is 98.9 cm³/mol. The first-order valence-corrected chi connectivity index (χ1v) is 8.83. The number of anilines is 1. The summed E-state index contributed by atoms with van der Waals surface area (Å²) < 4.78 is 12.7. The quantitative estimate of drug-likeness (QED) is 0.815. The zero-order chi connectivity index (χ0) is 18.5. The number of hydrogen-bond acceptors (Lipinski definition) is 5. The molecule has 7 heteroatoms. The molecule has 0 unspecified atom stereocenters. The van der Waals surface area contributed by atoms with Gasteiger partial charge in [0.05, 0.1) is 25.8 Å². The molecule has 1 aliphatic rings. The van der Waals surface area contributed by atoms with Crippen LogP contribution in [0.15, 0.2) is 36.5 Å². The first-order chi connectivity index (χ1) is 12.6. The summed E-state index contributed by atoms with van der Waals surface area (Å²) >= 11 is 0. The third-order valence-corrected chi connectivity index (χ3v) is 4.89. The van der Waals surface area contributed by atoms with Crippen molar-refractivity contribution in [2.75, 3.05) is 26.5 Å². The Morgan fingerprint density at radius 3 is 2.81 bits per heavy atom. The van der Waals surface area contributed by atoms with Gasteiger partial charge in [-0.2, -0.15) is 5.10 Å². The van der Waals surface area contributed by atoms with Gasteiger partial charge in [-0.1, -0.05) is 18.2 Å². The van der Waals surface area contributed by atoms with Crippen LogP contribution in [0, 0.1) is 0 Å². The molecule has 0 aliphatic carbocycles. The first-order valence-electron chi connectivity index (χ1n) is 8.83. The van der Waals surface area contributed by atoms with Gasteiger partial charge in [0, 0.05) is 26.3 Å². The van der Waals surface area contributed by atoms with Gasteiger partial charge < -0.3 is 20.1 Å². The van der Waals surface area contributed by atoms with Crippen LogP contribution in [0.2, 0.25) is 0 Å². The molecular weight excluding hydrogens is 332 g/mol. The lowest BCUT2D eigenvalue weighted by Crippen LogP contribution is -2.38. The maximum Gasteiger partial charge on any atom is 0.223 e. The molecule has 7 nitrogen and oxygen atoms in total. The molecule has 1 aromatic carbocycles. The summed E-state index contributed by atoms with van der Waals surface area (Å²) in [6.07, 6.45) is 3.79. The maximum absolute atomic E-state index is 12.9. The molecule has 2 atom stereocenters. The minimum absolute atomic E-state index is 0.0584. The second-order valence-corrected chi connectivity index (χ2v) is 6.57. The Morgan fingerprint density at radius 2 is 2.12 bits per heavy atom. The second-order valence-electron chi connectivity index (χ2n) is 6.57. The summed E-state index contributed by atoms with van der Waals surface area (Å²) in [6, 6.07) is 9.63. The molecule has 1 fully saturated rings. The molecule has 2 aromatic rings. The molecule has 0 bridgehead atoms. The van der Waals surface area contributed by atoms with Gasteiger partial charge in [0.25, 0.3) is 0 Å². The van der Waals surface area contributed by atoms with E-state index in [1.807, 2.05) is 35.4 Å². The van der Waals surface area contributed by atoms with E-state index in [-0.39, 0.29) is 18.1 Å². The fourth-order valence-corrected chi connectivity index (χ4v) is 3.51. The van der Waals surface area contributed by atoms with Crippen molar-refractivity contribution in [2.45, 2.75) is 38.0 Å². The monoisotopic (exact) mass is 358 g/mol. The van der Waals surface area contributed by atoms with Crippen LogP contribution >= 0.6 is 0 Å². The fourth-order valence-electron chi connectivity index (χ4n) is 3.51. The number of ether oxygens (including phenoxy) is 2. The van der Waals surface area contributed by atoms with Crippen molar-refractivity contribution < 1.29 is 14.3 Å². The molecule has 140 valence electrons.